The van der Waals surface area contributed by atoms with Crippen molar-refractivity contribution in [3.8, 4) is 12.3 Å². The van der Waals surface area contributed by atoms with E-state index in [-0.39, 0.29) is 5.92 Å². The van der Waals surface area contributed by atoms with Crippen molar-refractivity contribution in [1.29, 1.82) is 0 Å². The quantitative estimate of drug-likeness (QED) is 0.724. The lowest BCUT2D eigenvalue weighted by atomic mass is 9.84. The number of fused-ring (bicyclic) bond motifs is 1. The second-order valence-electron chi connectivity index (χ2n) is 3.84. The van der Waals surface area contributed by atoms with E-state index in [4.69, 9.17) is 6.42 Å². The standard InChI is InChI=1S/C14H14O/c1-2-3-6-12-10-9-11-7-4-5-8-13(11)14(12)15/h1,4-5,7-10,12,14-15H,3,6H2/t12-,14-/m0/s1. The highest BCUT2D eigenvalue weighted by Gasteiger charge is 2.22. The van der Waals surface area contributed by atoms with Gasteiger partial charge in [-0.3, -0.25) is 0 Å². The molecule has 15 heavy (non-hydrogen) atoms. The number of terminal acetylenes is 1. The molecule has 2 rings (SSSR count). The molecular weight excluding hydrogens is 184 g/mol. The number of benzene rings is 1. The van der Waals surface area contributed by atoms with E-state index in [9.17, 15) is 5.11 Å². The van der Waals surface area contributed by atoms with Gasteiger partial charge in [0.2, 0.25) is 0 Å². The first kappa shape index (κ1) is 10.0. The van der Waals surface area contributed by atoms with Crippen molar-refractivity contribution >= 4 is 6.08 Å². The summed E-state index contributed by atoms with van der Waals surface area (Å²) in [5, 5.41) is 10.1. The van der Waals surface area contributed by atoms with Crippen LogP contribution in [-0.2, 0) is 0 Å². The molecular formula is C14H14O. The summed E-state index contributed by atoms with van der Waals surface area (Å²) in [5.74, 6) is 2.78. The maximum Gasteiger partial charge on any atom is 0.0858 e. The van der Waals surface area contributed by atoms with Gasteiger partial charge in [-0.15, -0.1) is 12.3 Å². The summed E-state index contributed by atoms with van der Waals surface area (Å²) in [6.07, 6.45) is 10.5. The normalized spacial score (nSPS) is 23.2. The molecule has 0 heterocycles. The predicted octanol–water partition coefficient (Wildman–Crippen LogP) is 2.78. The summed E-state index contributed by atoms with van der Waals surface area (Å²) < 4.78 is 0. The molecule has 0 saturated carbocycles. The van der Waals surface area contributed by atoms with Gasteiger partial charge in [0.05, 0.1) is 6.10 Å². The fourth-order valence-corrected chi connectivity index (χ4v) is 2.00. The van der Waals surface area contributed by atoms with Crippen molar-refractivity contribution in [2.24, 2.45) is 5.92 Å². The van der Waals surface area contributed by atoms with E-state index in [0.29, 0.717) is 6.42 Å². The molecule has 0 saturated heterocycles. The van der Waals surface area contributed by atoms with Crippen LogP contribution in [0, 0.1) is 18.3 Å². The minimum absolute atomic E-state index is 0.163. The molecule has 1 aliphatic rings. The van der Waals surface area contributed by atoms with Crippen LogP contribution in [0.4, 0.5) is 0 Å². The first-order chi connectivity index (χ1) is 7.33. The third kappa shape index (κ3) is 1.95. The first-order valence-corrected chi connectivity index (χ1v) is 5.21. The maximum atomic E-state index is 10.1. The molecule has 0 aliphatic heterocycles. The molecule has 0 aromatic heterocycles. The van der Waals surface area contributed by atoms with Crippen molar-refractivity contribution < 1.29 is 5.11 Å². The molecule has 2 atom stereocenters. The van der Waals surface area contributed by atoms with Crippen molar-refractivity contribution in [2.45, 2.75) is 18.9 Å². The second-order valence-corrected chi connectivity index (χ2v) is 3.84. The highest BCUT2D eigenvalue weighted by atomic mass is 16.3. The topological polar surface area (TPSA) is 20.2 Å². The van der Waals surface area contributed by atoms with Crippen LogP contribution in [-0.4, -0.2) is 5.11 Å². The number of rotatable bonds is 2. The predicted molar refractivity (Wildman–Crippen MR) is 62.0 cm³/mol. The SMILES string of the molecule is C#CCC[C@H]1C=Cc2ccccc2[C@H]1O. The highest BCUT2D eigenvalue weighted by molar-refractivity contribution is 5.57. The molecule has 0 spiro atoms. The lowest BCUT2D eigenvalue weighted by molar-refractivity contribution is 0.126. The molecule has 0 amide bonds. The van der Waals surface area contributed by atoms with Gasteiger partial charge in [-0.2, -0.15) is 0 Å². The average Bonchev–Trinajstić information content (AvgIpc) is 2.29. The Morgan fingerprint density at radius 1 is 1.33 bits per heavy atom. The van der Waals surface area contributed by atoms with Gasteiger partial charge in [0.15, 0.2) is 0 Å². The van der Waals surface area contributed by atoms with Gasteiger partial charge in [0.25, 0.3) is 0 Å². The summed E-state index contributed by atoms with van der Waals surface area (Å²) in [6.45, 7) is 0. The van der Waals surface area contributed by atoms with Crippen LogP contribution in [0.3, 0.4) is 0 Å². The zero-order valence-corrected chi connectivity index (χ0v) is 8.56. The van der Waals surface area contributed by atoms with Crippen LogP contribution in [0.1, 0.15) is 30.1 Å². The van der Waals surface area contributed by atoms with Crippen LogP contribution >= 0.6 is 0 Å². The van der Waals surface area contributed by atoms with E-state index in [2.05, 4.69) is 18.1 Å². The monoisotopic (exact) mass is 198 g/mol. The van der Waals surface area contributed by atoms with Crippen LogP contribution in [0.2, 0.25) is 0 Å². The molecule has 1 heteroatoms. The van der Waals surface area contributed by atoms with Gasteiger partial charge in [0, 0.05) is 12.3 Å². The zero-order chi connectivity index (χ0) is 10.7. The van der Waals surface area contributed by atoms with E-state index in [1.165, 1.54) is 0 Å². The summed E-state index contributed by atoms with van der Waals surface area (Å²) in [6, 6.07) is 7.94. The summed E-state index contributed by atoms with van der Waals surface area (Å²) >= 11 is 0. The molecule has 1 nitrogen and oxygen atoms in total. The van der Waals surface area contributed by atoms with Crippen LogP contribution in [0.5, 0.6) is 0 Å². The molecule has 1 aromatic rings. The summed E-state index contributed by atoms with van der Waals surface area (Å²) in [4.78, 5) is 0. The fraction of sp³-hybridized carbons (Fsp3) is 0.286. The molecule has 0 fully saturated rings. The van der Waals surface area contributed by atoms with Gasteiger partial charge in [-0.05, 0) is 17.5 Å². The van der Waals surface area contributed by atoms with Crippen molar-refractivity contribution in [2.75, 3.05) is 0 Å². The number of aliphatic hydroxyl groups is 1. The van der Waals surface area contributed by atoms with E-state index in [1.54, 1.807) is 0 Å². The van der Waals surface area contributed by atoms with E-state index >= 15 is 0 Å². The Morgan fingerprint density at radius 3 is 2.93 bits per heavy atom. The van der Waals surface area contributed by atoms with E-state index < -0.39 is 6.10 Å². The Hall–Kier alpha value is -1.52. The molecule has 0 bridgehead atoms. The van der Waals surface area contributed by atoms with Crippen molar-refractivity contribution in [3.05, 3.63) is 41.5 Å². The molecule has 1 aliphatic carbocycles. The largest absolute Gasteiger partial charge is 0.388 e. The van der Waals surface area contributed by atoms with Gasteiger partial charge < -0.3 is 5.11 Å². The third-order valence-electron chi connectivity index (χ3n) is 2.87. The summed E-state index contributed by atoms with van der Waals surface area (Å²) in [7, 11) is 0. The lowest BCUT2D eigenvalue weighted by Gasteiger charge is -2.25. The zero-order valence-electron chi connectivity index (χ0n) is 8.56. The molecule has 76 valence electrons. The first-order valence-electron chi connectivity index (χ1n) is 5.21. The van der Waals surface area contributed by atoms with Crippen molar-refractivity contribution in [3.63, 3.8) is 0 Å². The van der Waals surface area contributed by atoms with Crippen molar-refractivity contribution in [1.82, 2.24) is 0 Å². The Balaban J connectivity index is 2.22. The van der Waals surface area contributed by atoms with Crippen LogP contribution in [0.25, 0.3) is 6.08 Å². The fourth-order valence-electron chi connectivity index (χ4n) is 2.00. The number of aliphatic hydroxyl groups excluding tert-OH is 1. The Morgan fingerprint density at radius 2 is 2.13 bits per heavy atom. The lowest BCUT2D eigenvalue weighted by Crippen LogP contribution is -2.14. The van der Waals surface area contributed by atoms with Gasteiger partial charge in [0.1, 0.15) is 0 Å². The highest BCUT2D eigenvalue weighted by Crippen LogP contribution is 2.34. The number of hydrogen-bond donors (Lipinski definition) is 1. The number of hydrogen-bond acceptors (Lipinski definition) is 1. The van der Waals surface area contributed by atoms with Gasteiger partial charge in [-0.1, -0.05) is 36.4 Å². The Bertz CT molecular complexity index is 412. The Labute approximate surface area is 90.4 Å². The van der Waals surface area contributed by atoms with Gasteiger partial charge in [-0.25, -0.2) is 0 Å². The minimum Gasteiger partial charge on any atom is -0.388 e. The van der Waals surface area contributed by atoms with Crippen LogP contribution in [0.15, 0.2) is 30.3 Å². The smallest absolute Gasteiger partial charge is 0.0858 e. The molecule has 0 unspecified atom stereocenters. The maximum absolute atomic E-state index is 10.1. The van der Waals surface area contributed by atoms with Gasteiger partial charge >= 0.3 is 0 Å². The van der Waals surface area contributed by atoms with E-state index in [1.807, 2.05) is 24.3 Å². The molecule has 0 radical (unpaired) electrons. The average molecular weight is 198 g/mol. The second kappa shape index (κ2) is 4.33. The molecule has 1 aromatic carbocycles. The Kier molecular flexibility index (Phi) is 2.89. The van der Waals surface area contributed by atoms with Crippen LogP contribution < -0.4 is 0 Å². The third-order valence-corrected chi connectivity index (χ3v) is 2.87. The van der Waals surface area contributed by atoms with E-state index in [0.717, 1.165) is 17.5 Å². The molecule has 1 N–H and O–H groups in total. The minimum atomic E-state index is -0.403. The summed E-state index contributed by atoms with van der Waals surface area (Å²) in [5.41, 5.74) is 2.13.